The molecule has 0 aromatic heterocycles. The zero-order valence-electron chi connectivity index (χ0n) is 9.56. The first-order chi connectivity index (χ1) is 6.83. The van der Waals surface area contributed by atoms with Gasteiger partial charge in [-0.25, -0.2) is 0 Å². The maximum absolute atomic E-state index is 5.94. The van der Waals surface area contributed by atoms with Gasteiger partial charge in [-0.05, 0) is 31.2 Å². The Kier molecular flexibility index (Phi) is 5.49. The topological polar surface area (TPSA) is 35.2 Å². The molecule has 0 atom stereocenters. The first-order valence-corrected chi connectivity index (χ1v) is 6.02. The molecule has 1 rings (SSSR count). The molecule has 14 heavy (non-hydrogen) atoms. The molecule has 2 heteroatoms. The Hall–Kier alpha value is -0.0800. The molecule has 0 heterocycles. The molecule has 0 aromatic rings. The zero-order chi connectivity index (χ0) is 10.3. The largest absolute Gasteiger partial charge is 0.385 e. The summed E-state index contributed by atoms with van der Waals surface area (Å²) in [7, 11) is 1.78. The van der Waals surface area contributed by atoms with E-state index < -0.39 is 0 Å². The summed E-state index contributed by atoms with van der Waals surface area (Å²) in [6.07, 6.45) is 10.7. The molecule has 1 saturated carbocycles. The van der Waals surface area contributed by atoms with Crippen LogP contribution in [0.1, 0.15) is 51.4 Å². The summed E-state index contributed by atoms with van der Waals surface area (Å²) < 4.78 is 5.19. The third kappa shape index (κ3) is 3.58. The highest BCUT2D eigenvalue weighted by atomic mass is 16.5. The van der Waals surface area contributed by atoms with Crippen molar-refractivity contribution in [2.75, 3.05) is 20.3 Å². The molecule has 0 aliphatic heterocycles. The molecule has 0 saturated heterocycles. The smallest absolute Gasteiger partial charge is 0.0468 e. The highest BCUT2D eigenvalue weighted by molar-refractivity contribution is 4.81. The van der Waals surface area contributed by atoms with Crippen LogP contribution >= 0.6 is 0 Å². The Bertz CT molecular complexity index is 134. The summed E-state index contributed by atoms with van der Waals surface area (Å²) in [5.41, 5.74) is 6.34. The summed E-state index contributed by atoms with van der Waals surface area (Å²) in [4.78, 5) is 0. The SMILES string of the molecule is COCCC1(CN)CCCCCCC1. The number of ether oxygens (including phenoxy) is 1. The number of hydrogen-bond acceptors (Lipinski definition) is 2. The monoisotopic (exact) mass is 199 g/mol. The number of rotatable bonds is 4. The summed E-state index contributed by atoms with van der Waals surface area (Å²) >= 11 is 0. The maximum Gasteiger partial charge on any atom is 0.0468 e. The Balaban J connectivity index is 2.44. The van der Waals surface area contributed by atoms with Crippen LogP contribution in [0, 0.1) is 5.41 Å². The van der Waals surface area contributed by atoms with Gasteiger partial charge in [0, 0.05) is 13.7 Å². The van der Waals surface area contributed by atoms with Gasteiger partial charge in [0.25, 0.3) is 0 Å². The molecule has 84 valence electrons. The van der Waals surface area contributed by atoms with Crippen LogP contribution in [0.3, 0.4) is 0 Å². The van der Waals surface area contributed by atoms with Crippen LogP contribution in [0.25, 0.3) is 0 Å². The maximum atomic E-state index is 5.94. The quantitative estimate of drug-likeness (QED) is 0.755. The minimum atomic E-state index is 0.399. The van der Waals surface area contributed by atoms with Crippen LogP contribution in [0.4, 0.5) is 0 Å². The van der Waals surface area contributed by atoms with Crippen molar-refractivity contribution in [3.05, 3.63) is 0 Å². The second kappa shape index (κ2) is 6.41. The predicted octanol–water partition coefficient (Wildman–Crippen LogP) is 2.71. The molecule has 2 nitrogen and oxygen atoms in total. The highest BCUT2D eigenvalue weighted by Gasteiger charge is 2.28. The van der Waals surface area contributed by atoms with Crippen molar-refractivity contribution >= 4 is 0 Å². The van der Waals surface area contributed by atoms with Crippen LogP contribution < -0.4 is 5.73 Å². The average molecular weight is 199 g/mol. The van der Waals surface area contributed by atoms with Gasteiger partial charge in [-0.3, -0.25) is 0 Å². The van der Waals surface area contributed by atoms with Crippen LogP contribution in [-0.4, -0.2) is 20.3 Å². The molecule has 1 fully saturated rings. The Morgan fingerprint density at radius 3 is 2.14 bits per heavy atom. The lowest BCUT2D eigenvalue weighted by Gasteiger charge is -2.34. The van der Waals surface area contributed by atoms with Gasteiger partial charge < -0.3 is 10.5 Å². The summed E-state index contributed by atoms with van der Waals surface area (Å²) in [5.74, 6) is 0. The zero-order valence-corrected chi connectivity index (χ0v) is 9.56. The summed E-state index contributed by atoms with van der Waals surface area (Å²) in [5, 5.41) is 0. The van der Waals surface area contributed by atoms with Gasteiger partial charge in [-0.2, -0.15) is 0 Å². The molecule has 1 aliphatic rings. The second-order valence-electron chi connectivity index (χ2n) is 4.71. The molecule has 0 spiro atoms. The molecule has 1 aliphatic carbocycles. The first-order valence-electron chi connectivity index (χ1n) is 6.02. The molecule has 0 radical (unpaired) electrons. The Labute approximate surface area is 88.2 Å². The van der Waals surface area contributed by atoms with E-state index >= 15 is 0 Å². The van der Waals surface area contributed by atoms with Gasteiger partial charge in [0.2, 0.25) is 0 Å². The van der Waals surface area contributed by atoms with Crippen LogP contribution in [0.5, 0.6) is 0 Å². The molecule has 2 N–H and O–H groups in total. The summed E-state index contributed by atoms with van der Waals surface area (Å²) in [6, 6.07) is 0. The lowest BCUT2D eigenvalue weighted by atomic mass is 9.74. The van der Waals surface area contributed by atoms with Crippen molar-refractivity contribution in [1.29, 1.82) is 0 Å². The number of nitrogens with two attached hydrogens (primary N) is 1. The van der Waals surface area contributed by atoms with Crippen molar-refractivity contribution in [3.63, 3.8) is 0 Å². The van der Waals surface area contributed by atoms with Crippen molar-refractivity contribution in [2.24, 2.45) is 11.1 Å². The molecule has 0 aromatic carbocycles. The van der Waals surface area contributed by atoms with Crippen molar-refractivity contribution < 1.29 is 4.74 Å². The third-order valence-electron chi connectivity index (χ3n) is 3.68. The fourth-order valence-corrected chi connectivity index (χ4v) is 2.53. The van der Waals surface area contributed by atoms with E-state index in [0.29, 0.717) is 5.41 Å². The van der Waals surface area contributed by atoms with Crippen LogP contribution in [0.15, 0.2) is 0 Å². The van der Waals surface area contributed by atoms with Crippen molar-refractivity contribution in [2.45, 2.75) is 51.4 Å². The normalized spacial score (nSPS) is 22.7. The van der Waals surface area contributed by atoms with Gasteiger partial charge in [0.15, 0.2) is 0 Å². The van der Waals surface area contributed by atoms with Gasteiger partial charge in [0.1, 0.15) is 0 Å². The molecule has 0 bridgehead atoms. The average Bonchev–Trinajstić information content (AvgIpc) is 2.18. The van der Waals surface area contributed by atoms with Gasteiger partial charge in [-0.1, -0.05) is 32.1 Å². The first kappa shape index (κ1) is 12.0. The van der Waals surface area contributed by atoms with Gasteiger partial charge in [0.05, 0.1) is 0 Å². The lowest BCUT2D eigenvalue weighted by molar-refractivity contribution is 0.117. The van der Waals surface area contributed by atoms with E-state index in [1.807, 2.05) is 0 Å². The third-order valence-corrected chi connectivity index (χ3v) is 3.68. The highest BCUT2D eigenvalue weighted by Crippen LogP contribution is 2.36. The minimum Gasteiger partial charge on any atom is -0.385 e. The van der Waals surface area contributed by atoms with E-state index in [4.69, 9.17) is 10.5 Å². The molecule has 0 unspecified atom stereocenters. The number of methoxy groups -OCH3 is 1. The fourth-order valence-electron chi connectivity index (χ4n) is 2.53. The van der Waals surface area contributed by atoms with Crippen LogP contribution in [0.2, 0.25) is 0 Å². The van der Waals surface area contributed by atoms with Crippen LogP contribution in [-0.2, 0) is 4.74 Å². The van der Waals surface area contributed by atoms with E-state index in [2.05, 4.69) is 0 Å². The van der Waals surface area contributed by atoms with E-state index in [-0.39, 0.29) is 0 Å². The van der Waals surface area contributed by atoms with Gasteiger partial charge >= 0.3 is 0 Å². The summed E-state index contributed by atoms with van der Waals surface area (Å²) in [6.45, 7) is 1.72. The van der Waals surface area contributed by atoms with E-state index in [0.717, 1.165) is 19.6 Å². The lowest BCUT2D eigenvalue weighted by Crippen LogP contribution is -2.32. The number of hydrogen-bond donors (Lipinski definition) is 1. The van der Waals surface area contributed by atoms with E-state index in [1.165, 1.54) is 44.9 Å². The standard InChI is InChI=1S/C12H25NO/c1-14-10-9-12(11-13)7-5-3-2-4-6-8-12/h2-11,13H2,1H3. The molecular formula is C12H25NO. The molecule has 0 amide bonds. The van der Waals surface area contributed by atoms with E-state index in [9.17, 15) is 0 Å². The molecular weight excluding hydrogens is 174 g/mol. The van der Waals surface area contributed by atoms with Crippen molar-refractivity contribution in [1.82, 2.24) is 0 Å². The second-order valence-corrected chi connectivity index (χ2v) is 4.71. The fraction of sp³-hybridized carbons (Fsp3) is 1.00. The van der Waals surface area contributed by atoms with Gasteiger partial charge in [-0.15, -0.1) is 0 Å². The minimum absolute atomic E-state index is 0.399. The Morgan fingerprint density at radius 2 is 1.64 bits per heavy atom. The predicted molar refractivity (Wildman–Crippen MR) is 60.3 cm³/mol. The van der Waals surface area contributed by atoms with Crippen molar-refractivity contribution in [3.8, 4) is 0 Å². The van der Waals surface area contributed by atoms with E-state index in [1.54, 1.807) is 7.11 Å². The Morgan fingerprint density at radius 1 is 1.07 bits per heavy atom.